The van der Waals surface area contributed by atoms with E-state index in [1.807, 2.05) is 13.8 Å². The number of aldehydes is 1. The van der Waals surface area contributed by atoms with Crippen molar-refractivity contribution in [1.82, 2.24) is 0 Å². The molecule has 0 aliphatic rings. The number of carbonyl (C=O) groups excluding carboxylic acids is 1. The zero-order chi connectivity index (χ0) is 13.2. The van der Waals surface area contributed by atoms with Crippen molar-refractivity contribution in [2.45, 2.75) is 72.2 Å². The van der Waals surface area contributed by atoms with Crippen molar-refractivity contribution in [1.29, 1.82) is 0 Å². The molecule has 0 amide bonds. The Morgan fingerprint density at radius 2 is 1.62 bits per heavy atom. The molecule has 0 saturated heterocycles. The van der Waals surface area contributed by atoms with Crippen molar-refractivity contribution in [3.63, 3.8) is 0 Å². The predicted molar refractivity (Wildman–Crippen MR) is 72.2 cm³/mol. The van der Waals surface area contributed by atoms with Crippen molar-refractivity contribution in [2.24, 2.45) is 5.41 Å². The molecule has 1 unspecified atom stereocenters. The van der Waals surface area contributed by atoms with Crippen LogP contribution in [-0.4, -0.2) is 20.7 Å². The van der Waals surface area contributed by atoms with Crippen LogP contribution in [0.3, 0.4) is 0 Å². The summed E-state index contributed by atoms with van der Waals surface area (Å²) in [5, 5.41) is 0.194. The Bertz CT molecular complexity index is 239. The fraction of sp³-hybridized carbons (Fsp3) is 0.923. The van der Waals surface area contributed by atoms with E-state index in [-0.39, 0.29) is 16.6 Å². The Labute approximate surface area is 102 Å². The van der Waals surface area contributed by atoms with E-state index < -0.39 is 8.32 Å². The highest BCUT2D eigenvalue weighted by molar-refractivity contribution is 6.74. The van der Waals surface area contributed by atoms with Gasteiger partial charge in [-0.1, -0.05) is 41.5 Å². The number of rotatable bonds is 5. The standard InChI is InChI=1S/C13H28O2Si/c1-9-11(13(5,6)10-14)15-16(7,8)12(2,3)4/h10-11H,9H2,1-8H3. The van der Waals surface area contributed by atoms with Gasteiger partial charge in [-0.2, -0.15) is 0 Å². The summed E-state index contributed by atoms with van der Waals surface area (Å²) in [5.74, 6) is 0. The van der Waals surface area contributed by atoms with Crippen molar-refractivity contribution in [3.05, 3.63) is 0 Å². The molecule has 0 fully saturated rings. The summed E-state index contributed by atoms with van der Waals surface area (Å²) in [6, 6.07) is 0. The summed E-state index contributed by atoms with van der Waals surface area (Å²) in [4.78, 5) is 11.1. The average Bonchev–Trinajstić information content (AvgIpc) is 2.12. The molecule has 0 spiro atoms. The lowest BCUT2D eigenvalue weighted by Gasteiger charge is -2.42. The van der Waals surface area contributed by atoms with E-state index >= 15 is 0 Å². The third kappa shape index (κ3) is 3.70. The van der Waals surface area contributed by atoms with Crippen LogP contribution in [0.4, 0.5) is 0 Å². The van der Waals surface area contributed by atoms with Gasteiger partial charge in [0.1, 0.15) is 6.29 Å². The van der Waals surface area contributed by atoms with Gasteiger partial charge in [0.15, 0.2) is 8.32 Å². The first-order valence-corrected chi connectivity index (χ1v) is 9.03. The Hall–Kier alpha value is -0.153. The first-order chi connectivity index (χ1) is 6.98. The highest BCUT2D eigenvalue weighted by Crippen LogP contribution is 2.39. The largest absolute Gasteiger partial charge is 0.413 e. The van der Waals surface area contributed by atoms with Gasteiger partial charge >= 0.3 is 0 Å². The van der Waals surface area contributed by atoms with Crippen molar-refractivity contribution in [3.8, 4) is 0 Å². The third-order valence-electron chi connectivity index (χ3n) is 3.75. The van der Waals surface area contributed by atoms with Gasteiger partial charge in [0.05, 0.1) is 6.10 Å². The van der Waals surface area contributed by atoms with E-state index in [1.165, 1.54) is 0 Å². The maximum absolute atomic E-state index is 11.1. The summed E-state index contributed by atoms with van der Waals surface area (Å²) in [6.07, 6.45) is 1.94. The van der Waals surface area contributed by atoms with Gasteiger partial charge in [-0.15, -0.1) is 0 Å². The minimum Gasteiger partial charge on any atom is -0.413 e. The second-order valence-electron chi connectivity index (χ2n) is 6.71. The van der Waals surface area contributed by atoms with Crippen molar-refractivity contribution < 1.29 is 9.22 Å². The van der Waals surface area contributed by atoms with Gasteiger partial charge in [0.25, 0.3) is 0 Å². The highest BCUT2D eigenvalue weighted by atomic mass is 28.4. The molecule has 0 heterocycles. The van der Waals surface area contributed by atoms with E-state index in [2.05, 4.69) is 40.8 Å². The molecule has 0 saturated carbocycles. The van der Waals surface area contributed by atoms with Crippen LogP contribution < -0.4 is 0 Å². The molecule has 3 heteroatoms. The molecule has 0 rings (SSSR count). The van der Waals surface area contributed by atoms with E-state index in [0.29, 0.717) is 0 Å². The minimum atomic E-state index is -1.77. The fourth-order valence-electron chi connectivity index (χ4n) is 1.37. The molecule has 0 N–H and O–H groups in total. The van der Waals surface area contributed by atoms with Gasteiger partial charge in [0, 0.05) is 5.41 Å². The third-order valence-corrected chi connectivity index (χ3v) is 8.23. The van der Waals surface area contributed by atoms with Crippen LogP contribution in [0.15, 0.2) is 0 Å². The minimum absolute atomic E-state index is 0.0332. The quantitative estimate of drug-likeness (QED) is 0.539. The van der Waals surface area contributed by atoms with E-state index in [4.69, 9.17) is 4.43 Å². The molecule has 0 aromatic rings. The Morgan fingerprint density at radius 3 is 1.88 bits per heavy atom. The summed E-state index contributed by atoms with van der Waals surface area (Å²) < 4.78 is 6.31. The van der Waals surface area contributed by atoms with Crippen molar-refractivity contribution in [2.75, 3.05) is 0 Å². The first-order valence-electron chi connectivity index (χ1n) is 6.12. The second-order valence-corrected chi connectivity index (χ2v) is 11.5. The fourth-order valence-corrected chi connectivity index (χ4v) is 2.90. The zero-order valence-corrected chi connectivity index (χ0v) is 13.2. The molecule has 0 aliphatic heterocycles. The van der Waals surface area contributed by atoms with Crippen LogP contribution in [0.5, 0.6) is 0 Å². The van der Waals surface area contributed by atoms with E-state index in [1.54, 1.807) is 0 Å². The number of hydrogen-bond donors (Lipinski definition) is 0. The Kier molecular flexibility index (Phi) is 4.96. The average molecular weight is 244 g/mol. The molecule has 1 atom stereocenters. The lowest BCUT2D eigenvalue weighted by molar-refractivity contribution is -0.119. The summed E-state index contributed by atoms with van der Waals surface area (Å²) >= 11 is 0. The molecule has 16 heavy (non-hydrogen) atoms. The monoisotopic (exact) mass is 244 g/mol. The van der Waals surface area contributed by atoms with Crippen LogP contribution in [0, 0.1) is 5.41 Å². The van der Waals surface area contributed by atoms with Gasteiger partial charge in [-0.3, -0.25) is 0 Å². The summed E-state index contributed by atoms with van der Waals surface area (Å²) in [5.41, 5.74) is -0.385. The smallest absolute Gasteiger partial charge is 0.192 e. The van der Waals surface area contributed by atoms with Crippen LogP contribution in [0.25, 0.3) is 0 Å². The van der Waals surface area contributed by atoms with Crippen LogP contribution in [0.1, 0.15) is 48.0 Å². The molecule has 0 aliphatic carbocycles. The van der Waals surface area contributed by atoms with Crippen molar-refractivity contribution >= 4 is 14.6 Å². The molecule has 96 valence electrons. The van der Waals surface area contributed by atoms with E-state index in [9.17, 15) is 4.79 Å². The van der Waals surface area contributed by atoms with Crippen LogP contribution >= 0.6 is 0 Å². The zero-order valence-electron chi connectivity index (χ0n) is 12.2. The Morgan fingerprint density at radius 1 is 1.19 bits per heavy atom. The predicted octanol–water partition coefficient (Wildman–Crippen LogP) is 4.01. The molecular weight excluding hydrogens is 216 g/mol. The maximum atomic E-state index is 11.1. The highest BCUT2D eigenvalue weighted by Gasteiger charge is 2.42. The van der Waals surface area contributed by atoms with Crippen LogP contribution in [-0.2, 0) is 9.22 Å². The number of carbonyl (C=O) groups is 1. The summed E-state index contributed by atoms with van der Waals surface area (Å²) in [7, 11) is -1.77. The normalized spacial score (nSPS) is 16.0. The lowest BCUT2D eigenvalue weighted by Crippen LogP contribution is -2.48. The Balaban J connectivity index is 4.87. The van der Waals surface area contributed by atoms with E-state index in [0.717, 1.165) is 12.7 Å². The van der Waals surface area contributed by atoms with Gasteiger partial charge in [-0.05, 0) is 24.6 Å². The molecule has 2 nitrogen and oxygen atoms in total. The van der Waals surface area contributed by atoms with Gasteiger partial charge in [0.2, 0.25) is 0 Å². The summed E-state index contributed by atoms with van der Waals surface area (Å²) in [6.45, 7) is 17.1. The molecular formula is C13H28O2Si. The van der Waals surface area contributed by atoms with Gasteiger partial charge < -0.3 is 9.22 Å². The number of hydrogen-bond acceptors (Lipinski definition) is 2. The molecule has 0 bridgehead atoms. The topological polar surface area (TPSA) is 26.3 Å². The van der Waals surface area contributed by atoms with Crippen LogP contribution in [0.2, 0.25) is 18.1 Å². The SMILES string of the molecule is CCC(O[Si](C)(C)C(C)(C)C)C(C)(C)C=O. The molecule has 0 radical (unpaired) electrons. The first kappa shape index (κ1) is 15.8. The van der Waals surface area contributed by atoms with Gasteiger partial charge in [-0.25, -0.2) is 0 Å². The molecule has 0 aromatic carbocycles. The maximum Gasteiger partial charge on any atom is 0.192 e. The lowest BCUT2D eigenvalue weighted by atomic mass is 9.87. The molecule has 0 aromatic heterocycles. The second kappa shape index (κ2) is 5.01.